The molecule has 2 amide bonds. The first-order valence-corrected chi connectivity index (χ1v) is 8.58. The fraction of sp³-hybridized carbons (Fsp3) is 0.588. The Morgan fingerprint density at radius 1 is 1.28 bits per heavy atom. The molecule has 1 saturated carbocycles. The summed E-state index contributed by atoms with van der Waals surface area (Å²) in [5, 5.41) is 5.76. The van der Waals surface area contributed by atoms with E-state index in [-0.39, 0.29) is 41.6 Å². The van der Waals surface area contributed by atoms with Crippen molar-refractivity contribution in [2.45, 2.75) is 31.4 Å². The molecule has 2 fully saturated rings. The van der Waals surface area contributed by atoms with Gasteiger partial charge in [0.25, 0.3) is 5.91 Å². The minimum atomic E-state index is -0.340. The third-order valence-corrected chi connectivity index (χ3v) is 4.34. The fourth-order valence-corrected chi connectivity index (χ4v) is 2.82. The van der Waals surface area contributed by atoms with Gasteiger partial charge in [-0.1, -0.05) is 6.07 Å². The number of carbonyl (C=O) groups excluding carboxylic acids is 2. The summed E-state index contributed by atoms with van der Waals surface area (Å²) in [6.07, 6.45) is 2.08. The summed E-state index contributed by atoms with van der Waals surface area (Å²) in [7, 11) is 0. The quantitative estimate of drug-likeness (QED) is 0.632. The van der Waals surface area contributed by atoms with Crippen LogP contribution >= 0.6 is 0 Å². The average Bonchev–Trinajstić information content (AvgIpc) is 3.44. The van der Waals surface area contributed by atoms with Crippen LogP contribution < -0.4 is 16.2 Å². The maximum Gasteiger partial charge on any atom is 0.268 e. The molecule has 0 spiro atoms. The summed E-state index contributed by atoms with van der Waals surface area (Å²) < 4.78 is 10.7. The van der Waals surface area contributed by atoms with Gasteiger partial charge in [-0.3, -0.25) is 14.4 Å². The predicted octanol–water partition coefficient (Wildman–Crippen LogP) is -0.195. The van der Waals surface area contributed by atoms with Crippen molar-refractivity contribution in [1.29, 1.82) is 0 Å². The molecule has 3 rings (SSSR count). The van der Waals surface area contributed by atoms with E-state index in [1.54, 1.807) is 6.07 Å². The van der Waals surface area contributed by atoms with E-state index in [1.165, 1.54) is 12.1 Å². The summed E-state index contributed by atoms with van der Waals surface area (Å²) in [6, 6.07) is 4.30. The Kier molecular flexibility index (Phi) is 5.83. The fourth-order valence-electron chi connectivity index (χ4n) is 2.82. The summed E-state index contributed by atoms with van der Waals surface area (Å²) in [6.45, 7) is 1.86. The molecule has 136 valence electrons. The van der Waals surface area contributed by atoms with E-state index in [2.05, 4.69) is 15.6 Å². The van der Waals surface area contributed by atoms with Crippen molar-refractivity contribution in [3.8, 4) is 0 Å². The van der Waals surface area contributed by atoms with Gasteiger partial charge in [-0.05, 0) is 24.8 Å². The number of ether oxygens (including phenoxy) is 2. The molecule has 1 aliphatic carbocycles. The SMILES string of the molecule is O=C(CC1COCCO1)NCC(NC(=O)c1cccc(=O)[nH]1)C1CC1. The molecule has 0 radical (unpaired) electrons. The standard InChI is InChI=1S/C17H23N3O5/c21-15-3-1-2-13(19-15)17(23)20-14(11-4-5-11)9-18-16(22)8-12-10-24-6-7-25-12/h1-3,11-12,14H,4-10H2,(H,18,22)(H,19,21)(H,20,23). The second-order valence-electron chi connectivity index (χ2n) is 6.42. The normalized spacial score (nSPS) is 21.4. The maximum atomic E-state index is 12.3. The maximum absolute atomic E-state index is 12.3. The van der Waals surface area contributed by atoms with Gasteiger partial charge in [0, 0.05) is 18.7 Å². The van der Waals surface area contributed by atoms with E-state index < -0.39 is 0 Å². The van der Waals surface area contributed by atoms with Crippen molar-refractivity contribution >= 4 is 11.8 Å². The van der Waals surface area contributed by atoms with Crippen molar-refractivity contribution in [1.82, 2.24) is 15.6 Å². The molecule has 25 heavy (non-hydrogen) atoms. The highest BCUT2D eigenvalue weighted by Crippen LogP contribution is 2.32. The van der Waals surface area contributed by atoms with Gasteiger partial charge in [0.1, 0.15) is 5.69 Å². The first-order chi connectivity index (χ1) is 12.1. The van der Waals surface area contributed by atoms with Crippen LogP contribution in [0, 0.1) is 5.92 Å². The Morgan fingerprint density at radius 3 is 2.80 bits per heavy atom. The molecule has 1 aliphatic heterocycles. The molecule has 2 heterocycles. The highest BCUT2D eigenvalue weighted by Gasteiger charge is 2.33. The number of aromatic amines is 1. The van der Waals surface area contributed by atoms with Crippen LogP contribution in [0.1, 0.15) is 29.8 Å². The first kappa shape index (κ1) is 17.6. The highest BCUT2D eigenvalue weighted by molar-refractivity contribution is 5.92. The Bertz CT molecular complexity index is 664. The van der Waals surface area contributed by atoms with Crippen molar-refractivity contribution in [3.05, 3.63) is 34.2 Å². The third kappa shape index (κ3) is 5.40. The van der Waals surface area contributed by atoms with E-state index in [0.717, 1.165) is 12.8 Å². The van der Waals surface area contributed by atoms with Gasteiger partial charge in [0.05, 0.1) is 32.3 Å². The zero-order valence-corrected chi connectivity index (χ0v) is 14.0. The topological polar surface area (TPSA) is 110 Å². The molecule has 2 atom stereocenters. The molecule has 2 unspecified atom stereocenters. The second kappa shape index (κ2) is 8.26. The smallest absolute Gasteiger partial charge is 0.268 e. The summed E-state index contributed by atoms with van der Waals surface area (Å²) in [5.41, 5.74) is -0.101. The Hall–Kier alpha value is -2.19. The number of H-pyrrole nitrogens is 1. The number of hydrogen-bond acceptors (Lipinski definition) is 5. The number of rotatable bonds is 7. The van der Waals surface area contributed by atoms with Gasteiger partial charge in [-0.2, -0.15) is 0 Å². The molecule has 8 heteroatoms. The van der Waals surface area contributed by atoms with Crippen LogP contribution in [-0.4, -0.2) is 55.3 Å². The lowest BCUT2D eigenvalue weighted by atomic mass is 10.1. The molecule has 1 saturated heterocycles. The number of nitrogens with one attached hydrogen (secondary N) is 3. The number of pyridine rings is 1. The van der Waals surface area contributed by atoms with Crippen LogP contribution in [-0.2, 0) is 14.3 Å². The summed E-state index contributed by atoms with van der Waals surface area (Å²) >= 11 is 0. The lowest BCUT2D eigenvalue weighted by Crippen LogP contribution is -2.46. The molecule has 0 aromatic carbocycles. The molecule has 0 bridgehead atoms. The lowest BCUT2D eigenvalue weighted by Gasteiger charge is -2.23. The molecule has 3 N–H and O–H groups in total. The van der Waals surface area contributed by atoms with Crippen molar-refractivity contribution in [2.75, 3.05) is 26.4 Å². The van der Waals surface area contributed by atoms with Gasteiger partial charge in [-0.15, -0.1) is 0 Å². The average molecular weight is 349 g/mol. The minimum absolute atomic E-state index is 0.122. The number of carbonyl (C=O) groups is 2. The minimum Gasteiger partial charge on any atom is -0.376 e. The molecular weight excluding hydrogens is 326 g/mol. The Balaban J connectivity index is 1.48. The van der Waals surface area contributed by atoms with E-state index in [1.807, 2.05) is 0 Å². The predicted molar refractivity (Wildman–Crippen MR) is 89.2 cm³/mol. The summed E-state index contributed by atoms with van der Waals surface area (Å²) in [5.74, 6) is -0.106. The van der Waals surface area contributed by atoms with Crippen molar-refractivity contribution < 1.29 is 19.1 Å². The van der Waals surface area contributed by atoms with Gasteiger partial charge in [0.2, 0.25) is 11.5 Å². The van der Waals surface area contributed by atoms with Crippen molar-refractivity contribution in [2.24, 2.45) is 5.92 Å². The number of hydrogen-bond donors (Lipinski definition) is 3. The van der Waals surface area contributed by atoms with E-state index in [0.29, 0.717) is 32.3 Å². The summed E-state index contributed by atoms with van der Waals surface area (Å²) in [4.78, 5) is 38.1. The zero-order valence-electron chi connectivity index (χ0n) is 14.0. The first-order valence-electron chi connectivity index (χ1n) is 8.58. The van der Waals surface area contributed by atoms with Crippen LogP contribution in [0.2, 0.25) is 0 Å². The highest BCUT2D eigenvalue weighted by atomic mass is 16.6. The second-order valence-corrected chi connectivity index (χ2v) is 6.42. The molecule has 8 nitrogen and oxygen atoms in total. The number of aromatic nitrogens is 1. The van der Waals surface area contributed by atoms with Gasteiger partial charge in [-0.25, -0.2) is 0 Å². The Labute approximate surface area is 145 Å². The molecule has 1 aromatic rings. The van der Waals surface area contributed by atoms with E-state index in [9.17, 15) is 14.4 Å². The van der Waals surface area contributed by atoms with Crippen LogP contribution in [0.3, 0.4) is 0 Å². The van der Waals surface area contributed by atoms with Gasteiger partial charge < -0.3 is 25.1 Å². The zero-order chi connectivity index (χ0) is 17.6. The lowest BCUT2D eigenvalue weighted by molar-refractivity contribution is -0.131. The Morgan fingerprint density at radius 2 is 2.12 bits per heavy atom. The van der Waals surface area contributed by atoms with Gasteiger partial charge in [0.15, 0.2) is 0 Å². The van der Waals surface area contributed by atoms with Crippen LogP contribution in [0.4, 0.5) is 0 Å². The number of amides is 2. The largest absolute Gasteiger partial charge is 0.376 e. The van der Waals surface area contributed by atoms with E-state index in [4.69, 9.17) is 9.47 Å². The van der Waals surface area contributed by atoms with Crippen LogP contribution in [0.15, 0.2) is 23.0 Å². The molecule has 1 aromatic heterocycles. The monoisotopic (exact) mass is 349 g/mol. The third-order valence-electron chi connectivity index (χ3n) is 4.34. The molecular formula is C17H23N3O5. The van der Waals surface area contributed by atoms with Crippen LogP contribution in [0.25, 0.3) is 0 Å². The van der Waals surface area contributed by atoms with Gasteiger partial charge >= 0.3 is 0 Å². The van der Waals surface area contributed by atoms with E-state index >= 15 is 0 Å². The molecule has 2 aliphatic rings. The van der Waals surface area contributed by atoms with Crippen molar-refractivity contribution in [3.63, 3.8) is 0 Å². The van der Waals surface area contributed by atoms with Crippen LogP contribution in [0.5, 0.6) is 0 Å².